The van der Waals surface area contributed by atoms with Gasteiger partial charge in [-0.3, -0.25) is 4.79 Å². The summed E-state index contributed by atoms with van der Waals surface area (Å²) >= 11 is 0. The van der Waals surface area contributed by atoms with Gasteiger partial charge >= 0.3 is 11.9 Å². The number of ether oxygens (including phenoxy) is 3. The van der Waals surface area contributed by atoms with Crippen LogP contribution in [0.2, 0.25) is 0 Å². The molecule has 18 heavy (non-hydrogen) atoms. The van der Waals surface area contributed by atoms with Crippen LogP contribution in [0.4, 0.5) is 5.69 Å². The largest absolute Gasteiger partial charge is 0.495 e. The van der Waals surface area contributed by atoms with Gasteiger partial charge in [-0.2, -0.15) is 0 Å². The molecule has 98 valence electrons. The second-order valence-electron chi connectivity index (χ2n) is 3.42. The minimum Gasteiger partial charge on any atom is -0.495 e. The highest BCUT2D eigenvalue weighted by molar-refractivity contribution is 5.90. The number of benzene rings is 1. The Morgan fingerprint density at radius 1 is 1.28 bits per heavy atom. The van der Waals surface area contributed by atoms with Crippen molar-refractivity contribution in [2.45, 2.75) is 6.42 Å². The van der Waals surface area contributed by atoms with Crippen LogP contribution in [0.25, 0.3) is 0 Å². The molecule has 0 bridgehead atoms. The highest BCUT2D eigenvalue weighted by atomic mass is 16.5. The summed E-state index contributed by atoms with van der Waals surface area (Å²) in [5, 5.41) is 0. The van der Waals surface area contributed by atoms with E-state index in [1.54, 1.807) is 6.07 Å². The Morgan fingerprint density at radius 3 is 2.61 bits per heavy atom. The van der Waals surface area contributed by atoms with Gasteiger partial charge < -0.3 is 19.9 Å². The molecule has 0 aromatic heterocycles. The summed E-state index contributed by atoms with van der Waals surface area (Å²) in [4.78, 5) is 22.4. The Balaban J connectivity index is 2.59. The van der Waals surface area contributed by atoms with Crippen LogP contribution in [0.1, 0.15) is 16.8 Å². The number of nitrogens with two attached hydrogens (primary N) is 1. The van der Waals surface area contributed by atoms with Crippen LogP contribution in [0, 0.1) is 0 Å². The third-order valence-electron chi connectivity index (χ3n) is 2.24. The molecule has 0 fully saturated rings. The quantitative estimate of drug-likeness (QED) is 0.622. The first kappa shape index (κ1) is 13.8. The zero-order chi connectivity index (χ0) is 13.5. The van der Waals surface area contributed by atoms with Crippen molar-refractivity contribution < 1.29 is 23.8 Å². The SMILES string of the molecule is COC(=O)CCOC(=O)c1ccc(N)c(OC)c1. The van der Waals surface area contributed by atoms with E-state index < -0.39 is 11.9 Å². The van der Waals surface area contributed by atoms with Crippen molar-refractivity contribution in [1.82, 2.24) is 0 Å². The van der Waals surface area contributed by atoms with E-state index in [1.165, 1.54) is 26.4 Å². The molecular weight excluding hydrogens is 238 g/mol. The van der Waals surface area contributed by atoms with Gasteiger partial charge in [-0.05, 0) is 18.2 Å². The molecule has 1 aromatic carbocycles. The van der Waals surface area contributed by atoms with E-state index >= 15 is 0 Å². The van der Waals surface area contributed by atoms with Crippen LogP contribution in [0.3, 0.4) is 0 Å². The number of carbonyl (C=O) groups excluding carboxylic acids is 2. The van der Waals surface area contributed by atoms with Gasteiger partial charge in [0.05, 0.1) is 31.9 Å². The fraction of sp³-hybridized carbons (Fsp3) is 0.333. The van der Waals surface area contributed by atoms with Crippen molar-refractivity contribution >= 4 is 17.6 Å². The van der Waals surface area contributed by atoms with Crippen LogP contribution in [0.5, 0.6) is 5.75 Å². The van der Waals surface area contributed by atoms with Crippen molar-refractivity contribution in [2.75, 3.05) is 26.6 Å². The first-order valence-electron chi connectivity index (χ1n) is 5.26. The molecule has 0 aliphatic heterocycles. The standard InChI is InChI=1S/C12H15NO5/c1-16-10-7-8(3-4-9(10)13)12(15)18-6-5-11(14)17-2/h3-4,7H,5-6,13H2,1-2H3. The maximum Gasteiger partial charge on any atom is 0.338 e. The summed E-state index contributed by atoms with van der Waals surface area (Å²) in [6, 6.07) is 4.56. The van der Waals surface area contributed by atoms with Crippen LogP contribution >= 0.6 is 0 Å². The van der Waals surface area contributed by atoms with Gasteiger partial charge in [-0.25, -0.2) is 4.79 Å². The average molecular weight is 253 g/mol. The molecule has 0 amide bonds. The summed E-state index contributed by atoms with van der Waals surface area (Å²) < 4.78 is 14.3. The summed E-state index contributed by atoms with van der Waals surface area (Å²) in [6.07, 6.45) is 0.0222. The molecule has 6 nitrogen and oxygen atoms in total. The molecule has 0 spiro atoms. The Morgan fingerprint density at radius 2 is 2.00 bits per heavy atom. The maximum absolute atomic E-state index is 11.6. The molecule has 0 saturated heterocycles. The number of methoxy groups -OCH3 is 2. The summed E-state index contributed by atoms with van der Waals surface area (Å²) in [5.74, 6) is -0.577. The second kappa shape index (κ2) is 6.48. The lowest BCUT2D eigenvalue weighted by molar-refractivity contribution is -0.141. The van der Waals surface area contributed by atoms with Gasteiger partial charge in [0.25, 0.3) is 0 Å². The van der Waals surface area contributed by atoms with Gasteiger partial charge in [0.1, 0.15) is 12.4 Å². The normalized spacial score (nSPS) is 9.67. The molecule has 0 saturated carbocycles. The predicted octanol–water partition coefficient (Wildman–Crippen LogP) is 0.997. The molecule has 0 atom stereocenters. The molecular formula is C12H15NO5. The Labute approximate surface area is 105 Å². The molecule has 1 rings (SSSR count). The van der Waals surface area contributed by atoms with Crippen molar-refractivity contribution in [3.05, 3.63) is 23.8 Å². The zero-order valence-electron chi connectivity index (χ0n) is 10.3. The van der Waals surface area contributed by atoms with Crippen LogP contribution in [-0.2, 0) is 14.3 Å². The Hall–Kier alpha value is -2.24. The van der Waals surface area contributed by atoms with Gasteiger partial charge in [-0.1, -0.05) is 0 Å². The number of rotatable bonds is 5. The second-order valence-corrected chi connectivity index (χ2v) is 3.42. The van der Waals surface area contributed by atoms with Crippen LogP contribution in [-0.4, -0.2) is 32.8 Å². The zero-order valence-corrected chi connectivity index (χ0v) is 10.3. The van der Waals surface area contributed by atoms with E-state index in [-0.39, 0.29) is 13.0 Å². The minimum atomic E-state index is -0.544. The van der Waals surface area contributed by atoms with E-state index in [2.05, 4.69) is 4.74 Å². The maximum atomic E-state index is 11.6. The van der Waals surface area contributed by atoms with E-state index in [9.17, 15) is 9.59 Å². The number of carbonyl (C=O) groups is 2. The average Bonchev–Trinajstić information content (AvgIpc) is 2.38. The molecule has 0 aliphatic rings. The first-order chi connectivity index (χ1) is 8.58. The lowest BCUT2D eigenvalue weighted by Gasteiger charge is -2.07. The molecule has 1 aromatic rings. The lowest BCUT2D eigenvalue weighted by Crippen LogP contribution is -2.11. The van der Waals surface area contributed by atoms with E-state index in [0.29, 0.717) is 17.0 Å². The number of hydrogen-bond acceptors (Lipinski definition) is 6. The van der Waals surface area contributed by atoms with Crippen molar-refractivity contribution in [2.24, 2.45) is 0 Å². The first-order valence-corrected chi connectivity index (χ1v) is 5.26. The number of hydrogen-bond donors (Lipinski definition) is 1. The van der Waals surface area contributed by atoms with Gasteiger partial charge in [-0.15, -0.1) is 0 Å². The molecule has 6 heteroatoms. The molecule has 0 unspecified atom stereocenters. The summed E-state index contributed by atoms with van der Waals surface area (Å²) in [5.41, 5.74) is 6.36. The van der Waals surface area contributed by atoms with E-state index in [0.717, 1.165) is 0 Å². The van der Waals surface area contributed by atoms with E-state index in [4.69, 9.17) is 15.2 Å². The summed E-state index contributed by atoms with van der Waals surface area (Å²) in [6.45, 7) is -0.0296. The Bertz CT molecular complexity index is 444. The minimum absolute atomic E-state index is 0.0222. The topological polar surface area (TPSA) is 87.9 Å². The lowest BCUT2D eigenvalue weighted by atomic mass is 10.2. The monoisotopic (exact) mass is 253 g/mol. The third-order valence-corrected chi connectivity index (χ3v) is 2.24. The fourth-order valence-electron chi connectivity index (χ4n) is 1.25. The molecule has 0 aliphatic carbocycles. The van der Waals surface area contributed by atoms with Crippen LogP contribution in [0.15, 0.2) is 18.2 Å². The highest BCUT2D eigenvalue weighted by Crippen LogP contribution is 2.22. The molecule has 0 heterocycles. The van der Waals surface area contributed by atoms with Crippen molar-refractivity contribution in [1.29, 1.82) is 0 Å². The molecule has 0 radical (unpaired) electrons. The van der Waals surface area contributed by atoms with Crippen molar-refractivity contribution in [3.8, 4) is 5.75 Å². The fourth-order valence-corrected chi connectivity index (χ4v) is 1.25. The predicted molar refractivity (Wildman–Crippen MR) is 64.3 cm³/mol. The number of nitrogen functional groups attached to an aromatic ring is 1. The number of esters is 2. The highest BCUT2D eigenvalue weighted by Gasteiger charge is 2.11. The van der Waals surface area contributed by atoms with Crippen molar-refractivity contribution in [3.63, 3.8) is 0 Å². The Kier molecular flexibility index (Phi) is 4.98. The van der Waals surface area contributed by atoms with Gasteiger partial charge in [0.2, 0.25) is 0 Å². The van der Waals surface area contributed by atoms with E-state index in [1.807, 2.05) is 0 Å². The number of anilines is 1. The van der Waals surface area contributed by atoms with Gasteiger partial charge in [0, 0.05) is 0 Å². The molecule has 2 N–H and O–H groups in total. The van der Waals surface area contributed by atoms with Gasteiger partial charge in [0.15, 0.2) is 0 Å². The summed E-state index contributed by atoms with van der Waals surface area (Å²) in [7, 11) is 2.73. The van der Waals surface area contributed by atoms with Crippen LogP contribution < -0.4 is 10.5 Å². The smallest absolute Gasteiger partial charge is 0.338 e. The third kappa shape index (κ3) is 3.65.